The van der Waals surface area contributed by atoms with Crippen molar-refractivity contribution in [2.45, 2.75) is 26.3 Å². The van der Waals surface area contributed by atoms with E-state index in [2.05, 4.69) is 10.6 Å². The standard InChI is InChI=1S/C22H26N2O5/c1-4-29-18-8-6-5-7-15(18)13-23-21(25)16-11-17(24-22(26)14-9-10-14)20(28-3)19(12-16)27-2/h5-8,11-12,14H,4,9-10,13H2,1-3H3,(H,23,25)(H,24,26). The average molecular weight is 398 g/mol. The monoisotopic (exact) mass is 398 g/mol. The molecule has 2 amide bonds. The van der Waals surface area contributed by atoms with Crippen LogP contribution in [0.2, 0.25) is 0 Å². The Kier molecular flexibility index (Phi) is 6.59. The number of hydrogen-bond donors (Lipinski definition) is 2. The molecule has 154 valence electrons. The molecule has 7 heteroatoms. The summed E-state index contributed by atoms with van der Waals surface area (Å²) in [7, 11) is 2.99. The van der Waals surface area contributed by atoms with Gasteiger partial charge in [0.1, 0.15) is 5.75 Å². The lowest BCUT2D eigenvalue weighted by molar-refractivity contribution is -0.117. The van der Waals surface area contributed by atoms with Gasteiger partial charge in [-0.15, -0.1) is 0 Å². The van der Waals surface area contributed by atoms with Gasteiger partial charge >= 0.3 is 0 Å². The number of anilines is 1. The normalized spacial score (nSPS) is 12.8. The highest BCUT2D eigenvalue weighted by molar-refractivity contribution is 6.00. The van der Waals surface area contributed by atoms with E-state index in [1.165, 1.54) is 14.2 Å². The maximum absolute atomic E-state index is 12.8. The van der Waals surface area contributed by atoms with Crippen molar-refractivity contribution in [1.82, 2.24) is 5.32 Å². The first-order valence-corrected chi connectivity index (χ1v) is 9.63. The van der Waals surface area contributed by atoms with E-state index >= 15 is 0 Å². The second kappa shape index (κ2) is 9.32. The summed E-state index contributed by atoms with van der Waals surface area (Å²) in [5.74, 6) is 1.16. The van der Waals surface area contributed by atoms with Gasteiger partial charge in [0.25, 0.3) is 5.91 Å². The molecule has 0 aliphatic heterocycles. The van der Waals surface area contributed by atoms with Gasteiger partial charge in [0.2, 0.25) is 5.91 Å². The van der Waals surface area contributed by atoms with Gasteiger partial charge in [-0.25, -0.2) is 0 Å². The maximum Gasteiger partial charge on any atom is 0.251 e. The molecule has 29 heavy (non-hydrogen) atoms. The van der Waals surface area contributed by atoms with E-state index in [0.29, 0.717) is 35.9 Å². The lowest BCUT2D eigenvalue weighted by atomic mass is 10.1. The fourth-order valence-corrected chi connectivity index (χ4v) is 2.99. The Labute approximate surface area is 170 Å². The molecule has 0 heterocycles. The predicted molar refractivity (Wildman–Crippen MR) is 110 cm³/mol. The summed E-state index contributed by atoms with van der Waals surface area (Å²) in [4.78, 5) is 25.0. The van der Waals surface area contributed by atoms with Crippen molar-refractivity contribution < 1.29 is 23.8 Å². The molecule has 2 aromatic rings. The molecule has 7 nitrogen and oxygen atoms in total. The van der Waals surface area contributed by atoms with E-state index in [-0.39, 0.29) is 17.7 Å². The molecule has 0 spiro atoms. The second-order valence-electron chi connectivity index (χ2n) is 6.75. The number of para-hydroxylation sites is 1. The van der Waals surface area contributed by atoms with E-state index < -0.39 is 0 Å². The molecule has 0 atom stereocenters. The lowest BCUT2D eigenvalue weighted by Gasteiger charge is -2.16. The van der Waals surface area contributed by atoms with Crippen LogP contribution >= 0.6 is 0 Å². The highest BCUT2D eigenvalue weighted by atomic mass is 16.5. The van der Waals surface area contributed by atoms with Crippen LogP contribution in [0.5, 0.6) is 17.2 Å². The second-order valence-corrected chi connectivity index (χ2v) is 6.75. The SMILES string of the molecule is CCOc1ccccc1CNC(=O)c1cc(NC(=O)C2CC2)c(OC)c(OC)c1. The van der Waals surface area contributed by atoms with Gasteiger partial charge in [0, 0.05) is 23.6 Å². The summed E-state index contributed by atoms with van der Waals surface area (Å²) in [6.07, 6.45) is 1.76. The van der Waals surface area contributed by atoms with Crippen molar-refractivity contribution in [2.75, 3.05) is 26.1 Å². The minimum atomic E-state index is -0.292. The van der Waals surface area contributed by atoms with E-state index in [9.17, 15) is 9.59 Å². The van der Waals surface area contributed by atoms with Crippen LogP contribution in [0, 0.1) is 5.92 Å². The summed E-state index contributed by atoms with van der Waals surface area (Å²) in [6.45, 7) is 2.77. The lowest BCUT2D eigenvalue weighted by Crippen LogP contribution is -2.24. The zero-order valence-electron chi connectivity index (χ0n) is 16.9. The minimum absolute atomic E-state index is 0.0262. The van der Waals surface area contributed by atoms with Crippen LogP contribution in [-0.2, 0) is 11.3 Å². The van der Waals surface area contributed by atoms with Crippen molar-refractivity contribution in [1.29, 1.82) is 0 Å². The summed E-state index contributed by atoms with van der Waals surface area (Å²) in [5, 5.41) is 5.74. The first-order chi connectivity index (χ1) is 14.1. The third-order valence-corrected chi connectivity index (χ3v) is 4.66. The molecule has 0 bridgehead atoms. The van der Waals surface area contributed by atoms with Crippen LogP contribution in [0.4, 0.5) is 5.69 Å². The first-order valence-electron chi connectivity index (χ1n) is 9.63. The number of nitrogens with one attached hydrogen (secondary N) is 2. The van der Waals surface area contributed by atoms with Gasteiger partial charge in [-0.3, -0.25) is 9.59 Å². The number of methoxy groups -OCH3 is 2. The summed E-state index contributed by atoms with van der Waals surface area (Å²) in [6, 6.07) is 10.8. The molecule has 0 radical (unpaired) electrons. The average Bonchev–Trinajstić information content (AvgIpc) is 3.58. The Balaban J connectivity index is 1.79. The van der Waals surface area contributed by atoms with Gasteiger partial charge in [-0.05, 0) is 38.0 Å². The number of carbonyl (C=O) groups excluding carboxylic acids is 2. The fourth-order valence-electron chi connectivity index (χ4n) is 2.99. The molecular weight excluding hydrogens is 372 g/mol. The molecule has 1 fully saturated rings. The van der Waals surface area contributed by atoms with Crippen molar-refractivity contribution in [3.05, 3.63) is 47.5 Å². The summed E-state index contributed by atoms with van der Waals surface area (Å²) < 4.78 is 16.3. The molecule has 1 saturated carbocycles. The van der Waals surface area contributed by atoms with Crippen molar-refractivity contribution in [3.63, 3.8) is 0 Å². The Hall–Kier alpha value is -3.22. The topological polar surface area (TPSA) is 85.9 Å². The van der Waals surface area contributed by atoms with Gasteiger partial charge in [-0.1, -0.05) is 18.2 Å². The predicted octanol–water partition coefficient (Wildman–Crippen LogP) is 3.38. The largest absolute Gasteiger partial charge is 0.494 e. The van der Waals surface area contributed by atoms with Crippen LogP contribution in [0.15, 0.2) is 36.4 Å². The Bertz CT molecular complexity index is 893. The van der Waals surface area contributed by atoms with Crippen LogP contribution < -0.4 is 24.8 Å². The third kappa shape index (κ3) is 4.99. The summed E-state index contributed by atoms with van der Waals surface area (Å²) in [5.41, 5.74) is 1.66. The molecule has 2 aromatic carbocycles. The molecule has 2 N–H and O–H groups in total. The Morgan fingerprint density at radius 3 is 2.48 bits per heavy atom. The van der Waals surface area contributed by atoms with Gasteiger partial charge in [0.15, 0.2) is 11.5 Å². The molecule has 1 aliphatic rings. The van der Waals surface area contributed by atoms with Crippen LogP contribution in [0.3, 0.4) is 0 Å². The smallest absolute Gasteiger partial charge is 0.251 e. The van der Waals surface area contributed by atoms with Gasteiger partial charge < -0.3 is 24.8 Å². The quantitative estimate of drug-likeness (QED) is 0.676. The minimum Gasteiger partial charge on any atom is -0.494 e. The molecule has 0 aromatic heterocycles. The van der Waals surface area contributed by atoms with Gasteiger partial charge in [0.05, 0.1) is 26.5 Å². The van der Waals surface area contributed by atoms with Crippen molar-refractivity contribution in [3.8, 4) is 17.2 Å². The third-order valence-electron chi connectivity index (χ3n) is 4.66. The van der Waals surface area contributed by atoms with Crippen molar-refractivity contribution >= 4 is 17.5 Å². The molecule has 0 unspecified atom stereocenters. The van der Waals surface area contributed by atoms with E-state index in [0.717, 1.165) is 24.2 Å². The number of ether oxygens (including phenoxy) is 3. The number of amides is 2. The zero-order chi connectivity index (χ0) is 20.8. The number of hydrogen-bond acceptors (Lipinski definition) is 5. The van der Waals surface area contributed by atoms with Crippen molar-refractivity contribution in [2.24, 2.45) is 5.92 Å². The maximum atomic E-state index is 12.8. The van der Waals surface area contributed by atoms with Crippen LogP contribution in [0.1, 0.15) is 35.7 Å². The number of carbonyl (C=O) groups is 2. The molecule has 1 aliphatic carbocycles. The summed E-state index contributed by atoms with van der Waals surface area (Å²) >= 11 is 0. The number of rotatable bonds is 9. The Morgan fingerprint density at radius 1 is 1.07 bits per heavy atom. The highest BCUT2D eigenvalue weighted by Crippen LogP contribution is 2.38. The first kappa shape index (κ1) is 20.5. The van der Waals surface area contributed by atoms with Crippen LogP contribution in [-0.4, -0.2) is 32.6 Å². The van der Waals surface area contributed by atoms with E-state index in [1.807, 2.05) is 31.2 Å². The Morgan fingerprint density at radius 2 is 1.83 bits per heavy atom. The highest BCUT2D eigenvalue weighted by Gasteiger charge is 2.30. The van der Waals surface area contributed by atoms with E-state index in [1.54, 1.807) is 12.1 Å². The van der Waals surface area contributed by atoms with Crippen LogP contribution in [0.25, 0.3) is 0 Å². The van der Waals surface area contributed by atoms with Gasteiger partial charge in [-0.2, -0.15) is 0 Å². The molecule has 3 rings (SSSR count). The molecule has 0 saturated heterocycles. The fraction of sp³-hybridized carbons (Fsp3) is 0.364. The number of benzene rings is 2. The van der Waals surface area contributed by atoms with E-state index in [4.69, 9.17) is 14.2 Å². The zero-order valence-corrected chi connectivity index (χ0v) is 16.9. The molecular formula is C22H26N2O5.